The smallest absolute Gasteiger partial charge is 0.156 e. The summed E-state index contributed by atoms with van der Waals surface area (Å²) >= 11 is 0. The molecule has 5 nitrogen and oxygen atoms in total. The first-order valence-corrected chi connectivity index (χ1v) is 5.90. The number of likely N-dealkylation sites (N-methyl/N-ethyl adjacent to an activating group) is 1. The number of oxime groups is 1. The molecule has 0 aromatic heterocycles. The molecule has 1 aliphatic rings. The molecule has 16 heavy (non-hydrogen) atoms. The van der Waals surface area contributed by atoms with Gasteiger partial charge in [-0.05, 0) is 33.9 Å². The molecular formula is C11H24N4O. The van der Waals surface area contributed by atoms with E-state index in [2.05, 4.69) is 29.5 Å². The van der Waals surface area contributed by atoms with Crippen LogP contribution in [0.5, 0.6) is 0 Å². The Morgan fingerprint density at radius 3 is 2.50 bits per heavy atom. The molecule has 0 aromatic carbocycles. The number of nitrogens with two attached hydrogens (primary N) is 1. The Balaban J connectivity index is 2.51. The van der Waals surface area contributed by atoms with Crippen molar-refractivity contribution < 1.29 is 5.21 Å². The zero-order valence-corrected chi connectivity index (χ0v) is 10.5. The first-order valence-electron chi connectivity index (χ1n) is 5.90. The molecule has 0 aliphatic heterocycles. The first-order chi connectivity index (χ1) is 7.52. The van der Waals surface area contributed by atoms with Gasteiger partial charge >= 0.3 is 0 Å². The molecule has 0 aromatic rings. The number of hydrogen-bond donors (Lipinski definition) is 3. The van der Waals surface area contributed by atoms with E-state index < -0.39 is 0 Å². The SMILES string of the molecule is CC(NCC1(N(C)C)CCCC1)C(N)=NO. The summed E-state index contributed by atoms with van der Waals surface area (Å²) in [6, 6.07) is -0.0811. The quantitative estimate of drug-likeness (QED) is 0.279. The highest BCUT2D eigenvalue weighted by Gasteiger charge is 2.35. The van der Waals surface area contributed by atoms with Crippen molar-refractivity contribution in [3.05, 3.63) is 0 Å². The lowest BCUT2D eigenvalue weighted by molar-refractivity contribution is 0.152. The molecule has 0 spiro atoms. The zero-order valence-electron chi connectivity index (χ0n) is 10.5. The van der Waals surface area contributed by atoms with E-state index >= 15 is 0 Å². The van der Waals surface area contributed by atoms with Crippen molar-refractivity contribution in [1.29, 1.82) is 0 Å². The number of nitrogens with zero attached hydrogens (tertiary/aromatic N) is 2. The Kier molecular flexibility index (Phi) is 4.56. The lowest BCUT2D eigenvalue weighted by Crippen LogP contribution is -2.53. The maximum atomic E-state index is 8.58. The fourth-order valence-electron chi connectivity index (χ4n) is 2.35. The maximum Gasteiger partial charge on any atom is 0.156 e. The molecule has 0 amide bonds. The van der Waals surface area contributed by atoms with Gasteiger partial charge in [-0.25, -0.2) is 0 Å². The zero-order chi connectivity index (χ0) is 12.2. The van der Waals surface area contributed by atoms with Gasteiger partial charge < -0.3 is 21.2 Å². The number of hydrogen-bond acceptors (Lipinski definition) is 4. The first kappa shape index (κ1) is 13.3. The standard InChI is InChI=1S/C11H24N4O/c1-9(10(12)14-16)13-8-11(15(2)3)6-4-5-7-11/h9,13,16H,4-8H2,1-3H3,(H2,12,14). The van der Waals surface area contributed by atoms with E-state index in [-0.39, 0.29) is 17.4 Å². The summed E-state index contributed by atoms with van der Waals surface area (Å²) in [5.41, 5.74) is 5.78. The van der Waals surface area contributed by atoms with Crippen molar-refractivity contribution in [2.24, 2.45) is 10.9 Å². The molecule has 0 saturated heterocycles. The van der Waals surface area contributed by atoms with E-state index in [9.17, 15) is 0 Å². The van der Waals surface area contributed by atoms with Crippen LogP contribution in [0.25, 0.3) is 0 Å². The Bertz CT molecular complexity index is 246. The molecule has 4 N–H and O–H groups in total. The van der Waals surface area contributed by atoms with Crippen molar-refractivity contribution in [2.45, 2.75) is 44.2 Å². The van der Waals surface area contributed by atoms with Gasteiger partial charge in [-0.15, -0.1) is 0 Å². The van der Waals surface area contributed by atoms with Crippen molar-refractivity contribution in [3.63, 3.8) is 0 Å². The number of amidine groups is 1. The third-order valence-corrected chi connectivity index (χ3v) is 3.78. The molecule has 5 heteroatoms. The topological polar surface area (TPSA) is 73.9 Å². The van der Waals surface area contributed by atoms with E-state index in [1.54, 1.807) is 0 Å². The molecule has 1 unspecified atom stereocenters. The van der Waals surface area contributed by atoms with Crippen LogP contribution in [0.3, 0.4) is 0 Å². The Morgan fingerprint density at radius 2 is 2.06 bits per heavy atom. The van der Waals surface area contributed by atoms with Gasteiger partial charge in [0.2, 0.25) is 0 Å². The van der Waals surface area contributed by atoms with E-state index in [1.807, 2.05) is 6.92 Å². The lowest BCUT2D eigenvalue weighted by Gasteiger charge is -2.37. The molecule has 94 valence electrons. The van der Waals surface area contributed by atoms with Gasteiger partial charge in [0.05, 0.1) is 6.04 Å². The fourth-order valence-corrected chi connectivity index (χ4v) is 2.35. The van der Waals surface area contributed by atoms with Gasteiger partial charge in [-0.2, -0.15) is 0 Å². The molecule has 1 fully saturated rings. The molecule has 1 rings (SSSR count). The molecule has 1 aliphatic carbocycles. The summed E-state index contributed by atoms with van der Waals surface area (Å²) in [4.78, 5) is 2.30. The third-order valence-electron chi connectivity index (χ3n) is 3.78. The summed E-state index contributed by atoms with van der Waals surface area (Å²) in [6.07, 6.45) is 5.02. The number of rotatable bonds is 5. The van der Waals surface area contributed by atoms with Crippen LogP contribution in [-0.4, -0.2) is 48.2 Å². The average Bonchev–Trinajstić information content (AvgIpc) is 2.74. The predicted octanol–water partition coefficient (Wildman–Crippen LogP) is 0.585. The summed E-state index contributed by atoms with van der Waals surface area (Å²) in [6.45, 7) is 2.80. The highest BCUT2D eigenvalue weighted by molar-refractivity contribution is 5.84. The normalized spacial score (nSPS) is 22.6. The minimum absolute atomic E-state index is 0.0811. The largest absolute Gasteiger partial charge is 0.409 e. The van der Waals surface area contributed by atoms with Crippen LogP contribution < -0.4 is 11.1 Å². The van der Waals surface area contributed by atoms with Crippen LogP contribution in [0.15, 0.2) is 5.16 Å². The predicted molar refractivity (Wildman–Crippen MR) is 65.8 cm³/mol. The highest BCUT2D eigenvalue weighted by atomic mass is 16.4. The van der Waals surface area contributed by atoms with Gasteiger partial charge in [0, 0.05) is 12.1 Å². The summed E-state index contributed by atoms with van der Waals surface area (Å²) < 4.78 is 0. The van der Waals surface area contributed by atoms with E-state index in [4.69, 9.17) is 10.9 Å². The monoisotopic (exact) mass is 228 g/mol. The third kappa shape index (κ3) is 2.86. The van der Waals surface area contributed by atoms with Crippen molar-refractivity contribution in [3.8, 4) is 0 Å². The molecule has 1 saturated carbocycles. The average molecular weight is 228 g/mol. The second-order valence-electron chi connectivity index (χ2n) is 4.95. The second kappa shape index (κ2) is 5.50. The van der Waals surface area contributed by atoms with Gasteiger partial charge in [-0.1, -0.05) is 18.0 Å². The highest BCUT2D eigenvalue weighted by Crippen LogP contribution is 2.33. The summed E-state index contributed by atoms with van der Waals surface area (Å²) in [5, 5.41) is 14.9. The van der Waals surface area contributed by atoms with Crippen molar-refractivity contribution in [1.82, 2.24) is 10.2 Å². The van der Waals surface area contributed by atoms with Crippen LogP contribution >= 0.6 is 0 Å². The van der Waals surface area contributed by atoms with Crippen LogP contribution in [-0.2, 0) is 0 Å². The molecule has 0 heterocycles. The van der Waals surface area contributed by atoms with Crippen LogP contribution in [0.4, 0.5) is 0 Å². The minimum atomic E-state index is -0.0811. The van der Waals surface area contributed by atoms with E-state index in [0.29, 0.717) is 0 Å². The Morgan fingerprint density at radius 1 is 1.50 bits per heavy atom. The van der Waals surface area contributed by atoms with Crippen LogP contribution in [0, 0.1) is 0 Å². The van der Waals surface area contributed by atoms with Crippen LogP contribution in [0.2, 0.25) is 0 Å². The summed E-state index contributed by atoms with van der Waals surface area (Å²) in [7, 11) is 4.25. The molecule has 1 atom stereocenters. The molecule has 0 radical (unpaired) electrons. The van der Waals surface area contributed by atoms with E-state index in [0.717, 1.165) is 6.54 Å². The van der Waals surface area contributed by atoms with Gasteiger partial charge in [0.25, 0.3) is 0 Å². The summed E-state index contributed by atoms with van der Waals surface area (Å²) in [5.74, 6) is 0.243. The minimum Gasteiger partial charge on any atom is -0.409 e. The Hall–Kier alpha value is -0.810. The number of nitrogens with one attached hydrogen (secondary N) is 1. The van der Waals surface area contributed by atoms with Crippen molar-refractivity contribution in [2.75, 3.05) is 20.6 Å². The Labute approximate surface area is 97.7 Å². The maximum absolute atomic E-state index is 8.58. The van der Waals surface area contributed by atoms with Gasteiger partial charge in [-0.3, -0.25) is 0 Å². The molecule has 0 bridgehead atoms. The van der Waals surface area contributed by atoms with Gasteiger partial charge in [0.1, 0.15) is 0 Å². The van der Waals surface area contributed by atoms with Crippen molar-refractivity contribution >= 4 is 5.84 Å². The second-order valence-corrected chi connectivity index (χ2v) is 4.95. The van der Waals surface area contributed by atoms with E-state index in [1.165, 1.54) is 25.7 Å². The molecular weight excluding hydrogens is 204 g/mol. The lowest BCUT2D eigenvalue weighted by atomic mass is 9.95. The van der Waals surface area contributed by atoms with Crippen LogP contribution in [0.1, 0.15) is 32.6 Å². The van der Waals surface area contributed by atoms with Gasteiger partial charge in [0.15, 0.2) is 5.84 Å². The fraction of sp³-hybridized carbons (Fsp3) is 0.909.